The van der Waals surface area contributed by atoms with Crippen molar-refractivity contribution in [1.82, 2.24) is 0 Å². The SMILES string of the molecule is CC(C)CC[NH2+]Cc1cc(=O)oc2ccc3ccccc3c12. The molecular formula is C19H22NO2+. The highest BCUT2D eigenvalue weighted by Crippen LogP contribution is 2.26. The highest BCUT2D eigenvalue weighted by atomic mass is 16.4. The van der Waals surface area contributed by atoms with Gasteiger partial charge in [0.15, 0.2) is 0 Å². The smallest absolute Gasteiger partial charge is 0.336 e. The van der Waals surface area contributed by atoms with Crippen molar-refractivity contribution < 1.29 is 9.73 Å². The van der Waals surface area contributed by atoms with Gasteiger partial charge in [0.1, 0.15) is 12.1 Å². The zero-order chi connectivity index (χ0) is 15.5. The number of benzene rings is 2. The number of hydrogen-bond acceptors (Lipinski definition) is 2. The van der Waals surface area contributed by atoms with Crippen LogP contribution in [0.1, 0.15) is 25.8 Å². The Balaban J connectivity index is 2.03. The van der Waals surface area contributed by atoms with Crippen LogP contribution in [-0.4, -0.2) is 6.54 Å². The van der Waals surface area contributed by atoms with Crippen molar-refractivity contribution in [3.8, 4) is 0 Å². The van der Waals surface area contributed by atoms with Crippen LogP contribution in [0.4, 0.5) is 0 Å². The van der Waals surface area contributed by atoms with Gasteiger partial charge in [-0.2, -0.15) is 0 Å². The third kappa shape index (κ3) is 3.04. The van der Waals surface area contributed by atoms with E-state index in [2.05, 4.69) is 31.3 Å². The Hall–Kier alpha value is -2.13. The lowest BCUT2D eigenvalue weighted by Crippen LogP contribution is -2.82. The van der Waals surface area contributed by atoms with Gasteiger partial charge >= 0.3 is 5.63 Å². The second-order valence-corrected chi connectivity index (χ2v) is 6.21. The summed E-state index contributed by atoms with van der Waals surface area (Å²) in [4.78, 5) is 11.8. The van der Waals surface area contributed by atoms with Crippen LogP contribution in [0, 0.1) is 5.92 Å². The number of rotatable bonds is 5. The molecule has 0 amide bonds. The lowest BCUT2D eigenvalue weighted by atomic mass is 10.0. The van der Waals surface area contributed by atoms with Gasteiger partial charge in [-0.1, -0.05) is 44.2 Å². The first-order valence-electron chi connectivity index (χ1n) is 7.91. The monoisotopic (exact) mass is 296 g/mol. The Bertz CT molecular complexity index is 849. The van der Waals surface area contributed by atoms with Gasteiger partial charge in [-0.3, -0.25) is 0 Å². The third-order valence-corrected chi connectivity index (χ3v) is 4.03. The summed E-state index contributed by atoms with van der Waals surface area (Å²) in [5.74, 6) is 0.703. The van der Waals surface area contributed by atoms with E-state index in [1.165, 1.54) is 11.8 Å². The Kier molecular flexibility index (Phi) is 4.25. The molecule has 22 heavy (non-hydrogen) atoms. The summed E-state index contributed by atoms with van der Waals surface area (Å²) in [5, 5.41) is 5.66. The van der Waals surface area contributed by atoms with Crippen LogP contribution in [0.15, 0.2) is 51.7 Å². The van der Waals surface area contributed by atoms with Crippen LogP contribution in [0.3, 0.4) is 0 Å². The van der Waals surface area contributed by atoms with Gasteiger partial charge in [0.2, 0.25) is 0 Å². The Morgan fingerprint density at radius 2 is 1.95 bits per heavy atom. The molecule has 3 aromatic rings. The first-order chi connectivity index (χ1) is 10.6. The fraction of sp³-hybridized carbons (Fsp3) is 0.316. The zero-order valence-corrected chi connectivity index (χ0v) is 13.1. The molecule has 114 valence electrons. The average Bonchev–Trinajstić information content (AvgIpc) is 2.50. The summed E-state index contributed by atoms with van der Waals surface area (Å²) in [5.41, 5.74) is 1.47. The summed E-state index contributed by atoms with van der Waals surface area (Å²) in [6, 6.07) is 13.8. The molecule has 0 radical (unpaired) electrons. The summed E-state index contributed by atoms with van der Waals surface area (Å²) < 4.78 is 5.39. The average molecular weight is 296 g/mol. The van der Waals surface area contributed by atoms with Crippen LogP contribution >= 0.6 is 0 Å². The molecule has 1 aromatic heterocycles. The Labute approximate surface area is 130 Å². The number of quaternary nitrogens is 1. The summed E-state index contributed by atoms with van der Waals surface area (Å²) in [7, 11) is 0. The molecule has 0 aliphatic rings. The first-order valence-corrected chi connectivity index (χ1v) is 7.91. The van der Waals surface area contributed by atoms with E-state index in [0.717, 1.165) is 29.4 Å². The third-order valence-electron chi connectivity index (χ3n) is 4.03. The molecule has 0 spiro atoms. The summed E-state index contributed by atoms with van der Waals surface area (Å²) in [6.07, 6.45) is 1.18. The molecule has 0 saturated heterocycles. The minimum Gasteiger partial charge on any atom is -0.423 e. The summed E-state index contributed by atoms with van der Waals surface area (Å²) in [6.45, 7) is 6.34. The van der Waals surface area contributed by atoms with Crippen molar-refractivity contribution in [1.29, 1.82) is 0 Å². The van der Waals surface area contributed by atoms with Crippen molar-refractivity contribution in [2.24, 2.45) is 5.92 Å². The van der Waals surface area contributed by atoms with Gasteiger partial charge in [0.25, 0.3) is 0 Å². The van der Waals surface area contributed by atoms with Crippen molar-refractivity contribution in [3.05, 3.63) is 58.4 Å². The van der Waals surface area contributed by atoms with E-state index in [0.29, 0.717) is 11.5 Å². The number of hydrogen-bond donors (Lipinski definition) is 1. The second kappa shape index (κ2) is 6.32. The van der Waals surface area contributed by atoms with Crippen LogP contribution in [-0.2, 0) is 6.54 Å². The van der Waals surface area contributed by atoms with E-state index < -0.39 is 0 Å². The Morgan fingerprint density at radius 3 is 2.77 bits per heavy atom. The number of nitrogens with two attached hydrogens (primary N) is 1. The highest BCUT2D eigenvalue weighted by Gasteiger charge is 2.10. The Morgan fingerprint density at radius 1 is 1.14 bits per heavy atom. The van der Waals surface area contributed by atoms with Gasteiger partial charge in [0, 0.05) is 17.0 Å². The predicted molar refractivity (Wildman–Crippen MR) is 89.9 cm³/mol. The van der Waals surface area contributed by atoms with E-state index in [1.54, 1.807) is 6.07 Å². The van der Waals surface area contributed by atoms with Gasteiger partial charge in [-0.25, -0.2) is 4.79 Å². The molecule has 0 saturated carbocycles. The molecule has 3 rings (SSSR count). The molecule has 0 bridgehead atoms. The maximum absolute atomic E-state index is 11.8. The van der Waals surface area contributed by atoms with Crippen LogP contribution in [0.25, 0.3) is 21.7 Å². The van der Waals surface area contributed by atoms with Crippen molar-refractivity contribution >= 4 is 21.7 Å². The normalized spacial score (nSPS) is 11.6. The maximum atomic E-state index is 11.8. The van der Waals surface area contributed by atoms with Crippen LogP contribution < -0.4 is 10.9 Å². The van der Waals surface area contributed by atoms with Gasteiger partial charge in [0.05, 0.1) is 6.54 Å². The standard InChI is InChI=1S/C19H21NO2/c1-13(2)9-10-20-12-15-11-18(21)22-17-8-7-14-5-3-4-6-16(14)19(15)17/h3-8,11,13,20H,9-10,12H2,1-2H3/p+1. The van der Waals surface area contributed by atoms with E-state index >= 15 is 0 Å². The molecule has 1 heterocycles. The molecule has 0 unspecified atom stereocenters. The molecular weight excluding hydrogens is 274 g/mol. The van der Waals surface area contributed by atoms with Crippen molar-refractivity contribution in [3.63, 3.8) is 0 Å². The zero-order valence-electron chi connectivity index (χ0n) is 13.1. The lowest BCUT2D eigenvalue weighted by molar-refractivity contribution is -0.671. The van der Waals surface area contributed by atoms with E-state index in [1.807, 2.05) is 24.3 Å². The molecule has 0 aliphatic carbocycles. The molecule has 3 heteroatoms. The molecule has 2 N–H and O–H groups in total. The maximum Gasteiger partial charge on any atom is 0.336 e. The quantitative estimate of drug-likeness (QED) is 0.447. The molecule has 3 nitrogen and oxygen atoms in total. The van der Waals surface area contributed by atoms with Gasteiger partial charge < -0.3 is 9.73 Å². The minimum atomic E-state index is -0.268. The fourth-order valence-electron chi connectivity index (χ4n) is 2.89. The first kappa shape index (κ1) is 14.8. The van der Waals surface area contributed by atoms with Crippen LogP contribution in [0.2, 0.25) is 0 Å². The summed E-state index contributed by atoms with van der Waals surface area (Å²) >= 11 is 0. The molecule has 2 aromatic carbocycles. The molecule has 0 fully saturated rings. The van der Waals surface area contributed by atoms with Crippen molar-refractivity contribution in [2.45, 2.75) is 26.8 Å². The van der Waals surface area contributed by atoms with E-state index in [9.17, 15) is 4.79 Å². The largest absolute Gasteiger partial charge is 0.423 e. The molecule has 0 aliphatic heterocycles. The topological polar surface area (TPSA) is 46.8 Å². The predicted octanol–water partition coefficient (Wildman–Crippen LogP) is 3.06. The minimum absolute atomic E-state index is 0.268. The fourth-order valence-corrected chi connectivity index (χ4v) is 2.89. The molecule has 0 atom stereocenters. The highest BCUT2D eigenvalue weighted by molar-refractivity contribution is 6.06. The van der Waals surface area contributed by atoms with E-state index in [4.69, 9.17) is 4.42 Å². The van der Waals surface area contributed by atoms with Crippen molar-refractivity contribution in [2.75, 3.05) is 6.54 Å². The van der Waals surface area contributed by atoms with Gasteiger partial charge in [-0.05, 0) is 29.2 Å². The number of fused-ring (bicyclic) bond motifs is 3. The van der Waals surface area contributed by atoms with Crippen LogP contribution in [0.5, 0.6) is 0 Å². The van der Waals surface area contributed by atoms with Gasteiger partial charge in [-0.15, -0.1) is 0 Å². The second-order valence-electron chi connectivity index (χ2n) is 6.21. The lowest BCUT2D eigenvalue weighted by Gasteiger charge is -2.09. The van der Waals surface area contributed by atoms with E-state index in [-0.39, 0.29) is 5.63 Å².